The molecule has 8 nitrogen and oxygen atoms in total. The maximum atomic E-state index is 12.8. The first kappa shape index (κ1) is 27.1. The van der Waals surface area contributed by atoms with Crippen LogP contribution in [0.1, 0.15) is 28.4 Å². The van der Waals surface area contributed by atoms with Crippen molar-refractivity contribution in [2.24, 2.45) is 0 Å². The Morgan fingerprint density at radius 1 is 0.972 bits per heavy atom. The van der Waals surface area contributed by atoms with Crippen molar-refractivity contribution in [2.45, 2.75) is 18.6 Å². The molecule has 3 aromatic carbocycles. The van der Waals surface area contributed by atoms with Crippen molar-refractivity contribution in [1.29, 1.82) is 0 Å². The van der Waals surface area contributed by atoms with E-state index in [-0.39, 0.29) is 35.7 Å². The summed E-state index contributed by atoms with van der Waals surface area (Å²) in [5, 5.41) is 12.8. The van der Waals surface area contributed by atoms with E-state index in [1.54, 1.807) is 66.7 Å². The number of phenolic OH excluding ortho intramolecular Hbond substituents is 1. The van der Waals surface area contributed by atoms with Crippen molar-refractivity contribution in [1.82, 2.24) is 5.32 Å². The lowest BCUT2D eigenvalue weighted by molar-refractivity contribution is -0.141. The van der Waals surface area contributed by atoms with Gasteiger partial charge in [-0.05, 0) is 42.5 Å². The highest BCUT2D eigenvalue weighted by Crippen LogP contribution is 2.35. The third-order valence-corrected chi connectivity index (χ3v) is 5.70. The number of thiol groups is 1. The molecule has 3 aromatic rings. The number of ether oxygens (including phenoxy) is 3. The van der Waals surface area contributed by atoms with E-state index in [1.165, 1.54) is 6.07 Å². The molecule has 0 saturated carbocycles. The molecule has 0 aliphatic heterocycles. The highest BCUT2D eigenvalue weighted by Gasteiger charge is 2.32. The first-order chi connectivity index (χ1) is 17.4. The Balaban J connectivity index is 1.89. The molecule has 2 N–H and O–H groups in total. The maximum absolute atomic E-state index is 12.8. The van der Waals surface area contributed by atoms with Gasteiger partial charge in [0.2, 0.25) is 0 Å². The summed E-state index contributed by atoms with van der Waals surface area (Å²) < 4.78 is 17.5. The predicted molar refractivity (Wildman–Crippen MR) is 139 cm³/mol. The molecule has 2 amide bonds. The Labute approximate surface area is 222 Å². The van der Waals surface area contributed by atoms with E-state index >= 15 is 0 Å². The summed E-state index contributed by atoms with van der Waals surface area (Å²) in [6.45, 7) is -0.0594. The predicted octanol–water partition coefficient (Wildman–Crippen LogP) is 5.07. The molecule has 3 rings (SSSR count). The van der Waals surface area contributed by atoms with Crippen LogP contribution in [0.3, 0.4) is 0 Å². The number of carbonyl (C=O) groups excluding carboxylic acids is 3. The van der Waals surface area contributed by atoms with Crippen LogP contribution in [-0.4, -0.2) is 41.5 Å². The van der Waals surface area contributed by atoms with Crippen molar-refractivity contribution >= 4 is 46.5 Å². The van der Waals surface area contributed by atoms with Gasteiger partial charge < -0.3 is 19.3 Å². The molecule has 0 fully saturated rings. The molecule has 0 saturated heterocycles. The van der Waals surface area contributed by atoms with Crippen LogP contribution in [0.2, 0.25) is 0 Å². The van der Waals surface area contributed by atoms with E-state index in [9.17, 15) is 19.5 Å². The second-order valence-corrected chi connectivity index (χ2v) is 8.72. The van der Waals surface area contributed by atoms with Crippen LogP contribution in [0, 0.1) is 0 Å². The SMILES string of the molecule is O=C(CS)OCC[C@H](Oc1ccccc1)[C@@H](OC(=O)NC(=O)c1ccccc1)c1cc(Br)ccc1O. The van der Waals surface area contributed by atoms with Gasteiger partial charge in [-0.15, -0.1) is 0 Å². The fourth-order valence-corrected chi connectivity index (χ4v) is 3.74. The van der Waals surface area contributed by atoms with Gasteiger partial charge in [0.05, 0.1) is 12.4 Å². The van der Waals surface area contributed by atoms with Crippen molar-refractivity contribution < 1.29 is 33.7 Å². The molecule has 188 valence electrons. The lowest BCUT2D eigenvalue weighted by Gasteiger charge is -2.28. The lowest BCUT2D eigenvalue weighted by Crippen LogP contribution is -2.37. The Kier molecular flexibility index (Phi) is 10.2. The van der Waals surface area contributed by atoms with Gasteiger partial charge >= 0.3 is 12.1 Å². The standard InChI is InChI=1S/C26H24BrNO7S/c27-18-11-12-21(29)20(15-18)24(35-26(32)28-25(31)17-7-3-1-4-8-17)22(13-14-33-23(30)16-36)34-19-9-5-2-6-10-19/h1-12,15,22,24,29,36H,13-14,16H2,(H,28,31,32)/t22-,24-/m0/s1. The topological polar surface area (TPSA) is 111 Å². The fourth-order valence-electron chi connectivity index (χ4n) is 3.27. The molecular weight excluding hydrogens is 550 g/mol. The number of carbonyl (C=O) groups is 3. The number of amides is 2. The average molecular weight is 574 g/mol. The van der Waals surface area contributed by atoms with Crippen LogP contribution in [0.15, 0.2) is 83.3 Å². The van der Waals surface area contributed by atoms with E-state index in [0.29, 0.717) is 10.2 Å². The quantitative estimate of drug-likeness (QED) is 0.229. The van der Waals surface area contributed by atoms with Crippen molar-refractivity contribution in [2.75, 3.05) is 12.4 Å². The molecule has 2 atom stereocenters. The van der Waals surface area contributed by atoms with Crippen LogP contribution < -0.4 is 10.1 Å². The molecule has 0 radical (unpaired) electrons. The van der Waals surface area contributed by atoms with E-state index < -0.39 is 30.2 Å². The number of rotatable bonds is 10. The summed E-state index contributed by atoms with van der Waals surface area (Å²) in [6.07, 6.45) is -3.02. The third-order valence-electron chi connectivity index (χ3n) is 4.94. The number of hydrogen-bond donors (Lipinski definition) is 3. The summed E-state index contributed by atoms with van der Waals surface area (Å²) in [6, 6.07) is 21.6. The average Bonchev–Trinajstić information content (AvgIpc) is 2.89. The number of esters is 1. The molecule has 10 heteroatoms. The minimum Gasteiger partial charge on any atom is -0.508 e. The van der Waals surface area contributed by atoms with Crippen molar-refractivity contribution in [3.8, 4) is 11.5 Å². The number of nitrogens with one attached hydrogen (secondary N) is 1. The molecule has 0 bridgehead atoms. The summed E-state index contributed by atoms with van der Waals surface area (Å²) in [7, 11) is 0. The third kappa shape index (κ3) is 8.03. The number of imide groups is 1. The maximum Gasteiger partial charge on any atom is 0.414 e. The first-order valence-corrected chi connectivity index (χ1v) is 12.3. The van der Waals surface area contributed by atoms with E-state index in [4.69, 9.17) is 14.2 Å². The molecule has 0 heterocycles. The van der Waals surface area contributed by atoms with Gasteiger partial charge in [0.1, 0.15) is 17.6 Å². The molecular formula is C26H24BrNO7S. The van der Waals surface area contributed by atoms with E-state index in [1.807, 2.05) is 6.07 Å². The minimum absolute atomic E-state index is 0.0594. The normalized spacial score (nSPS) is 12.2. The number of alkyl carbamates (subject to hydrolysis) is 1. The Hall–Kier alpha value is -3.50. The van der Waals surface area contributed by atoms with Crippen LogP contribution in [0.25, 0.3) is 0 Å². The second-order valence-electron chi connectivity index (χ2n) is 7.49. The molecule has 0 unspecified atom stereocenters. The van der Waals surface area contributed by atoms with Crippen molar-refractivity contribution in [3.05, 3.63) is 94.5 Å². The smallest absolute Gasteiger partial charge is 0.414 e. The largest absolute Gasteiger partial charge is 0.508 e. The first-order valence-electron chi connectivity index (χ1n) is 10.9. The van der Waals surface area contributed by atoms with E-state index in [0.717, 1.165) is 0 Å². The van der Waals surface area contributed by atoms with Gasteiger partial charge in [0, 0.05) is 22.0 Å². The van der Waals surface area contributed by atoms with Gasteiger partial charge in [-0.25, -0.2) is 4.79 Å². The number of hydrogen-bond acceptors (Lipinski definition) is 8. The monoisotopic (exact) mass is 573 g/mol. The fraction of sp³-hybridized carbons (Fsp3) is 0.192. The van der Waals surface area contributed by atoms with Crippen LogP contribution in [0.4, 0.5) is 4.79 Å². The zero-order valence-corrected chi connectivity index (χ0v) is 21.5. The molecule has 0 spiro atoms. The number of para-hydroxylation sites is 1. The summed E-state index contributed by atoms with van der Waals surface area (Å²) in [5.74, 6) is -0.960. The van der Waals surface area contributed by atoms with Crippen LogP contribution in [-0.2, 0) is 14.3 Å². The Morgan fingerprint density at radius 3 is 2.31 bits per heavy atom. The summed E-state index contributed by atoms with van der Waals surface area (Å²) in [5.41, 5.74) is 0.500. The Bertz CT molecular complexity index is 1180. The van der Waals surface area contributed by atoms with Gasteiger partial charge in [0.25, 0.3) is 5.91 Å². The number of benzene rings is 3. The zero-order valence-electron chi connectivity index (χ0n) is 19.0. The highest BCUT2D eigenvalue weighted by molar-refractivity contribution is 9.10. The molecule has 0 aliphatic carbocycles. The zero-order chi connectivity index (χ0) is 25.9. The van der Waals surface area contributed by atoms with Gasteiger partial charge in [-0.3, -0.25) is 14.9 Å². The molecule has 0 aromatic heterocycles. The Morgan fingerprint density at radius 2 is 1.64 bits per heavy atom. The van der Waals surface area contributed by atoms with Gasteiger partial charge in [-0.2, -0.15) is 12.6 Å². The highest BCUT2D eigenvalue weighted by atomic mass is 79.9. The number of halogens is 1. The van der Waals surface area contributed by atoms with E-state index in [2.05, 4.69) is 33.9 Å². The molecule has 36 heavy (non-hydrogen) atoms. The summed E-state index contributed by atoms with van der Waals surface area (Å²) >= 11 is 7.26. The summed E-state index contributed by atoms with van der Waals surface area (Å²) in [4.78, 5) is 36.9. The van der Waals surface area contributed by atoms with Crippen LogP contribution >= 0.6 is 28.6 Å². The lowest BCUT2D eigenvalue weighted by atomic mass is 10.0. The van der Waals surface area contributed by atoms with Gasteiger partial charge in [-0.1, -0.05) is 52.3 Å². The number of aromatic hydroxyl groups is 1. The number of phenols is 1. The molecule has 0 aliphatic rings. The van der Waals surface area contributed by atoms with Crippen LogP contribution in [0.5, 0.6) is 11.5 Å². The minimum atomic E-state index is -1.18. The van der Waals surface area contributed by atoms with Crippen molar-refractivity contribution in [3.63, 3.8) is 0 Å². The second kappa shape index (κ2) is 13.6. The van der Waals surface area contributed by atoms with Gasteiger partial charge in [0.15, 0.2) is 6.10 Å².